The number of carbonyl (C=O) groups excluding carboxylic acids is 1. The fraction of sp³-hybridized carbons (Fsp3) is 0.100. The quantitative estimate of drug-likeness (QED) is 0.773. The van der Waals surface area contributed by atoms with Crippen LogP contribution in [0.5, 0.6) is 0 Å². The fourth-order valence-electron chi connectivity index (χ4n) is 1.03. The Bertz CT molecular complexity index is 365. The van der Waals surface area contributed by atoms with Crippen molar-refractivity contribution in [3.63, 3.8) is 0 Å². The molecule has 0 saturated heterocycles. The molecule has 1 N–H and O–H groups in total. The Morgan fingerprint density at radius 1 is 1.50 bits per heavy atom. The van der Waals surface area contributed by atoms with Gasteiger partial charge in [-0.25, -0.2) is 8.78 Å². The summed E-state index contributed by atoms with van der Waals surface area (Å²) in [6, 6.07) is 2.12. The van der Waals surface area contributed by atoms with Crippen LogP contribution in [0.2, 0.25) is 0 Å². The molecule has 0 heterocycles. The molecule has 0 aromatic heterocycles. The molecule has 0 atom stereocenters. The summed E-state index contributed by atoms with van der Waals surface area (Å²) in [7, 11) is 0. The number of amides is 1. The second-order valence-electron chi connectivity index (χ2n) is 2.77. The Morgan fingerprint density at radius 3 is 2.64 bits per heavy atom. The summed E-state index contributed by atoms with van der Waals surface area (Å²) >= 11 is 0. The number of hydrogen-bond donors (Lipinski definition) is 1. The third-order valence-electron chi connectivity index (χ3n) is 1.71. The Morgan fingerprint density at radius 2 is 2.14 bits per heavy atom. The maximum absolute atomic E-state index is 12.9. The van der Waals surface area contributed by atoms with Gasteiger partial charge in [0.1, 0.15) is 0 Å². The maximum atomic E-state index is 12.9. The maximum Gasteiger partial charge on any atom is 0.255 e. The summed E-state index contributed by atoms with van der Waals surface area (Å²) in [6.45, 7) is 4.68. The molecule has 14 heavy (non-hydrogen) atoms. The monoisotopic (exact) mass is 197 g/mol. The number of benzene rings is 1. The SMILES string of the molecule is C=CNC(=O)c1cc(C)c(F)c(F)c1. The van der Waals surface area contributed by atoms with Crippen LogP contribution in [-0.2, 0) is 0 Å². The average molecular weight is 197 g/mol. The highest BCUT2D eigenvalue weighted by Gasteiger charge is 2.11. The third-order valence-corrected chi connectivity index (χ3v) is 1.71. The van der Waals surface area contributed by atoms with Gasteiger partial charge >= 0.3 is 0 Å². The van der Waals surface area contributed by atoms with Crippen LogP contribution in [0.3, 0.4) is 0 Å². The molecule has 0 spiro atoms. The lowest BCUT2D eigenvalue weighted by atomic mass is 10.1. The van der Waals surface area contributed by atoms with Crippen molar-refractivity contribution >= 4 is 5.91 Å². The topological polar surface area (TPSA) is 29.1 Å². The lowest BCUT2D eigenvalue weighted by Crippen LogP contribution is -2.17. The van der Waals surface area contributed by atoms with Crippen molar-refractivity contribution in [2.24, 2.45) is 0 Å². The van der Waals surface area contributed by atoms with Crippen LogP contribution in [0.4, 0.5) is 8.78 Å². The smallest absolute Gasteiger partial charge is 0.255 e. The standard InChI is InChI=1S/C10H9F2NO/c1-3-13-10(14)7-4-6(2)9(12)8(11)5-7/h3-5H,1H2,2H3,(H,13,14). The molecule has 1 aromatic carbocycles. The molecule has 1 aromatic rings. The van der Waals surface area contributed by atoms with Gasteiger partial charge in [-0.05, 0) is 30.8 Å². The predicted molar refractivity (Wildman–Crippen MR) is 48.8 cm³/mol. The van der Waals surface area contributed by atoms with Crippen molar-refractivity contribution in [2.45, 2.75) is 6.92 Å². The van der Waals surface area contributed by atoms with Gasteiger partial charge in [-0.15, -0.1) is 0 Å². The highest BCUT2D eigenvalue weighted by molar-refractivity contribution is 5.94. The molecule has 0 saturated carbocycles. The predicted octanol–water partition coefficient (Wildman–Crippen LogP) is 2.15. The highest BCUT2D eigenvalue weighted by Crippen LogP contribution is 2.13. The molecule has 0 fully saturated rings. The molecule has 0 bridgehead atoms. The number of carbonyl (C=O) groups is 1. The molecule has 4 heteroatoms. The van der Waals surface area contributed by atoms with Gasteiger partial charge in [-0.1, -0.05) is 6.58 Å². The summed E-state index contributed by atoms with van der Waals surface area (Å²) in [5, 5.41) is 2.27. The van der Waals surface area contributed by atoms with Crippen LogP contribution in [0.25, 0.3) is 0 Å². The normalized spacial score (nSPS) is 9.64. The van der Waals surface area contributed by atoms with Gasteiger partial charge in [0.25, 0.3) is 5.91 Å². The van der Waals surface area contributed by atoms with E-state index in [0.717, 1.165) is 6.07 Å². The molecule has 0 unspecified atom stereocenters. The summed E-state index contributed by atoms with van der Waals surface area (Å²) < 4.78 is 25.7. The van der Waals surface area contributed by atoms with Gasteiger partial charge in [0.05, 0.1) is 0 Å². The Kier molecular flexibility index (Phi) is 2.96. The molecular weight excluding hydrogens is 188 g/mol. The molecule has 1 rings (SSSR count). The second kappa shape index (κ2) is 4.00. The highest BCUT2D eigenvalue weighted by atomic mass is 19.2. The van der Waals surface area contributed by atoms with Crippen molar-refractivity contribution in [3.8, 4) is 0 Å². The Balaban J connectivity index is 3.12. The molecule has 0 aliphatic carbocycles. The molecule has 0 aliphatic rings. The van der Waals surface area contributed by atoms with E-state index in [1.54, 1.807) is 0 Å². The van der Waals surface area contributed by atoms with Gasteiger partial charge in [0.2, 0.25) is 0 Å². The van der Waals surface area contributed by atoms with Crippen molar-refractivity contribution < 1.29 is 13.6 Å². The average Bonchev–Trinajstić information content (AvgIpc) is 2.13. The zero-order valence-corrected chi connectivity index (χ0v) is 7.60. The van der Waals surface area contributed by atoms with E-state index >= 15 is 0 Å². The molecule has 0 radical (unpaired) electrons. The Hall–Kier alpha value is -1.71. The third kappa shape index (κ3) is 1.96. The summed E-state index contributed by atoms with van der Waals surface area (Å²) in [4.78, 5) is 11.2. The number of hydrogen-bond acceptors (Lipinski definition) is 1. The largest absolute Gasteiger partial charge is 0.329 e. The van der Waals surface area contributed by atoms with E-state index < -0.39 is 17.5 Å². The van der Waals surface area contributed by atoms with Crippen molar-refractivity contribution in [3.05, 3.63) is 47.7 Å². The lowest BCUT2D eigenvalue weighted by molar-refractivity contribution is 0.0969. The van der Waals surface area contributed by atoms with Gasteiger partial charge < -0.3 is 5.32 Å². The van der Waals surface area contributed by atoms with Crippen molar-refractivity contribution in [1.82, 2.24) is 5.32 Å². The number of halogens is 2. The van der Waals surface area contributed by atoms with Gasteiger partial charge in [0.15, 0.2) is 11.6 Å². The number of nitrogens with one attached hydrogen (secondary N) is 1. The lowest BCUT2D eigenvalue weighted by Gasteiger charge is -2.03. The molecule has 1 amide bonds. The number of rotatable bonds is 2. The van der Waals surface area contributed by atoms with E-state index in [-0.39, 0.29) is 11.1 Å². The van der Waals surface area contributed by atoms with Gasteiger partial charge in [-0.3, -0.25) is 4.79 Å². The summed E-state index contributed by atoms with van der Waals surface area (Å²) in [5.74, 6) is -2.47. The van der Waals surface area contributed by atoms with E-state index in [2.05, 4.69) is 11.9 Å². The molecule has 74 valence electrons. The van der Waals surface area contributed by atoms with E-state index in [1.165, 1.54) is 19.2 Å². The van der Waals surface area contributed by atoms with Crippen LogP contribution in [0, 0.1) is 18.6 Å². The first kappa shape index (κ1) is 10.4. The van der Waals surface area contributed by atoms with Crippen LogP contribution in [-0.4, -0.2) is 5.91 Å². The first-order chi connectivity index (χ1) is 6.56. The second-order valence-corrected chi connectivity index (χ2v) is 2.77. The Labute approximate surface area is 80.2 Å². The fourth-order valence-corrected chi connectivity index (χ4v) is 1.03. The minimum absolute atomic E-state index is 0.0706. The first-order valence-electron chi connectivity index (χ1n) is 3.93. The minimum atomic E-state index is -1.03. The van der Waals surface area contributed by atoms with Crippen LogP contribution in [0.15, 0.2) is 24.9 Å². The van der Waals surface area contributed by atoms with E-state index in [0.29, 0.717) is 0 Å². The minimum Gasteiger partial charge on any atom is -0.329 e. The first-order valence-corrected chi connectivity index (χ1v) is 3.93. The summed E-state index contributed by atoms with van der Waals surface area (Å²) in [6.07, 6.45) is 1.18. The van der Waals surface area contributed by atoms with E-state index in [9.17, 15) is 13.6 Å². The van der Waals surface area contributed by atoms with Gasteiger partial charge in [-0.2, -0.15) is 0 Å². The molecule has 2 nitrogen and oxygen atoms in total. The van der Waals surface area contributed by atoms with Crippen molar-refractivity contribution in [2.75, 3.05) is 0 Å². The molecule has 0 aliphatic heterocycles. The van der Waals surface area contributed by atoms with E-state index in [1.807, 2.05) is 0 Å². The van der Waals surface area contributed by atoms with Crippen molar-refractivity contribution in [1.29, 1.82) is 0 Å². The zero-order chi connectivity index (χ0) is 10.7. The van der Waals surface area contributed by atoms with Crippen LogP contribution in [0.1, 0.15) is 15.9 Å². The number of aryl methyl sites for hydroxylation is 1. The zero-order valence-electron chi connectivity index (χ0n) is 7.60. The summed E-state index contributed by atoms with van der Waals surface area (Å²) in [5.41, 5.74) is 0.167. The van der Waals surface area contributed by atoms with Gasteiger partial charge in [0, 0.05) is 5.56 Å². The van der Waals surface area contributed by atoms with Crippen LogP contribution >= 0.6 is 0 Å². The van der Waals surface area contributed by atoms with E-state index in [4.69, 9.17) is 0 Å². The molecular formula is C10H9F2NO. The van der Waals surface area contributed by atoms with Crippen LogP contribution < -0.4 is 5.32 Å².